The highest BCUT2D eigenvalue weighted by Crippen LogP contribution is 2.18. The van der Waals surface area contributed by atoms with E-state index in [0.29, 0.717) is 49.3 Å². The van der Waals surface area contributed by atoms with Crippen LogP contribution < -0.4 is 10.2 Å². The van der Waals surface area contributed by atoms with Crippen molar-refractivity contribution in [3.8, 4) is 0 Å². The van der Waals surface area contributed by atoms with Crippen LogP contribution in [0.5, 0.6) is 0 Å². The summed E-state index contributed by atoms with van der Waals surface area (Å²) in [4.78, 5) is 33.1. The molecule has 2 aromatic carbocycles. The van der Waals surface area contributed by atoms with Crippen LogP contribution in [0.25, 0.3) is 0 Å². The van der Waals surface area contributed by atoms with Gasteiger partial charge in [0.05, 0.1) is 11.9 Å². The van der Waals surface area contributed by atoms with Crippen LogP contribution in [0.3, 0.4) is 0 Å². The van der Waals surface area contributed by atoms with Gasteiger partial charge < -0.3 is 15.1 Å². The van der Waals surface area contributed by atoms with Gasteiger partial charge in [-0.05, 0) is 55.0 Å². The van der Waals surface area contributed by atoms with Crippen molar-refractivity contribution >= 4 is 23.3 Å². The van der Waals surface area contributed by atoms with Gasteiger partial charge in [0.15, 0.2) is 0 Å². The Bertz CT molecular complexity index is 1130. The van der Waals surface area contributed by atoms with Gasteiger partial charge >= 0.3 is 0 Å². The highest BCUT2D eigenvalue weighted by atomic mass is 19.1. The molecule has 1 aliphatic rings. The zero-order valence-electron chi connectivity index (χ0n) is 17.6. The maximum atomic E-state index is 13.3. The number of anilines is 2. The van der Waals surface area contributed by atoms with Crippen LogP contribution in [0.4, 0.5) is 24.7 Å². The number of rotatable bonds is 4. The van der Waals surface area contributed by atoms with E-state index in [1.807, 2.05) is 4.90 Å². The summed E-state index contributed by atoms with van der Waals surface area (Å²) in [5.41, 5.74) is 0.701. The molecule has 0 saturated carbocycles. The van der Waals surface area contributed by atoms with Gasteiger partial charge in [0.1, 0.15) is 23.3 Å². The quantitative estimate of drug-likeness (QED) is 0.645. The number of benzene rings is 2. The number of halogens is 3. The smallest absolute Gasteiger partial charge is 0.255 e. The minimum absolute atomic E-state index is 0.130. The Morgan fingerprint density at radius 2 is 1.52 bits per heavy atom. The van der Waals surface area contributed by atoms with E-state index in [2.05, 4.69) is 10.3 Å². The van der Waals surface area contributed by atoms with Gasteiger partial charge in [-0.2, -0.15) is 0 Å². The van der Waals surface area contributed by atoms with Crippen molar-refractivity contribution in [2.45, 2.75) is 6.42 Å². The van der Waals surface area contributed by atoms with E-state index in [1.165, 1.54) is 30.5 Å². The van der Waals surface area contributed by atoms with E-state index in [4.69, 9.17) is 0 Å². The first-order valence-corrected chi connectivity index (χ1v) is 10.4. The fourth-order valence-electron chi connectivity index (χ4n) is 3.66. The number of aromatic nitrogens is 1. The molecule has 0 unspecified atom stereocenters. The largest absolute Gasteiger partial charge is 0.355 e. The van der Waals surface area contributed by atoms with Crippen LogP contribution in [-0.4, -0.2) is 47.9 Å². The molecule has 2 heterocycles. The van der Waals surface area contributed by atoms with Gasteiger partial charge in [-0.15, -0.1) is 0 Å². The lowest BCUT2D eigenvalue weighted by Gasteiger charge is -2.23. The third-order valence-electron chi connectivity index (χ3n) is 5.33. The molecular formula is C24H21F3N4O2. The van der Waals surface area contributed by atoms with Gasteiger partial charge in [-0.3, -0.25) is 9.59 Å². The van der Waals surface area contributed by atoms with Gasteiger partial charge in [0.2, 0.25) is 0 Å². The molecule has 1 aromatic heterocycles. The molecular weight excluding hydrogens is 433 g/mol. The van der Waals surface area contributed by atoms with Gasteiger partial charge in [-0.25, -0.2) is 18.2 Å². The first kappa shape index (κ1) is 22.3. The van der Waals surface area contributed by atoms with E-state index in [-0.39, 0.29) is 17.3 Å². The van der Waals surface area contributed by atoms with Crippen LogP contribution >= 0.6 is 0 Å². The number of carbonyl (C=O) groups excluding carboxylic acids is 2. The molecule has 1 saturated heterocycles. The summed E-state index contributed by atoms with van der Waals surface area (Å²) < 4.78 is 39.8. The van der Waals surface area contributed by atoms with Crippen molar-refractivity contribution in [3.63, 3.8) is 0 Å². The van der Waals surface area contributed by atoms with Crippen LogP contribution in [0.2, 0.25) is 0 Å². The average Bonchev–Trinajstić information content (AvgIpc) is 3.05. The minimum atomic E-state index is -0.832. The molecule has 0 aliphatic carbocycles. The molecule has 6 nitrogen and oxygen atoms in total. The Balaban J connectivity index is 1.37. The van der Waals surface area contributed by atoms with Crippen molar-refractivity contribution in [1.82, 2.24) is 9.88 Å². The fraction of sp³-hybridized carbons (Fsp3) is 0.208. The van der Waals surface area contributed by atoms with Gasteiger partial charge in [-0.1, -0.05) is 0 Å². The standard InChI is InChI=1S/C24H21F3N4O2/c25-18-4-2-16(3-5-18)24(33)31-9-1-8-30(10-11-31)22-7-6-21(15-28-22)29-23(32)17-12-19(26)14-20(27)13-17/h2-7,12-15H,1,8-11H2,(H,29,32). The van der Waals surface area contributed by atoms with E-state index in [9.17, 15) is 22.8 Å². The summed E-state index contributed by atoms with van der Waals surface area (Å²) >= 11 is 0. The lowest BCUT2D eigenvalue weighted by Crippen LogP contribution is -2.35. The van der Waals surface area contributed by atoms with E-state index in [0.717, 1.165) is 18.6 Å². The number of nitrogens with one attached hydrogen (secondary N) is 1. The number of amides is 2. The Hall–Kier alpha value is -3.88. The van der Waals surface area contributed by atoms with Gasteiger partial charge in [0, 0.05) is 43.4 Å². The number of carbonyl (C=O) groups is 2. The molecule has 1 N–H and O–H groups in total. The SMILES string of the molecule is O=C(Nc1ccc(N2CCCN(C(=O)c3ccc(F)cc3)CC2)nc1)c1cc(F)cc(F)c1. The van der Waals surface area contributed by atoms with Crippen molar-refractivity contribution < 1.29 is 22.8 Å². The van der Waals surface area contributed by atoms with Crippen molar-refractivity contribution in [2.24, 2.45) is 0 Å². The Labute approximate surface area is 188 Å². The molecule has 0 spiro atoms. The summed E-state index contributed by atoms with van der Waals surface area (Å²) in [5, 5.41) is 2.57. The third kappa shape index (κ3) is 5.49. The van der Waals surface area contributed by atoms with Crippen molar-refractivity contribution in [2.75, 3.05) is 36.4 Å². The summed E-state index contributed by atoms with van der Waals surface area (Å²) in [6.07, 6.45) is 2.20. The number of hydrogen-bond acceptors (Lipinski definition) is 4. The summed E-state index contributed by atoms with van der Waals surface area (Å²) in [5.74, 6) is -2.16. The average molecular weight is 454 g/mol. The molecule has 3 aromatic rings. The Morgan fingerprint density at radius 3 is 2.18 bits per heavy atom. The van der Waals surface area contributed by atoms with Crippen molar-refractivity contribution in [3.05, 3.63) is 89.4 Å². The highest BCUT2D eigenvalue weighted by molar-refractivity contribution is 6.04. The molecule has 4 rings (SSSR count). The normalized spacial score (nSPS) is 14.0. The van der Waals surface area contributed by atoms with E-state index in [1.54, 1.807) is 17.0 Å². The lowest BCUT2D eigenvalue weighted by atomic mass is 10.2. The zero-order valence-corrected chi connectivity index (χ0v) is 17.6. The Kier molecular flexibility index (Phi) is 6.58. The topological polar surface area (TPSA) is 65.5 Å². The molecule has 2 amide bonds. The maximum absolute atomic E-state index is 13.3. The number of pyridine rings is 1. The summed E-state index contributed by atoms with van der Waals surface area (Å²) in [7, 11) is 0. The van der Waals surface area contributed by atoms with Crippen LogP contribution in [0.1, 0.15) is 27.1 Å². The first-order valence-electron chi connectivity index (χ1n) is 10.4. The molecule has 33 heavy (non-hydrogen) atoms. The second-order valence-corrected chi connectivity index (χ2v) is 7.66. The first-order chi connectivity index (χ1) is 15.9. The molecule has 0 radical (unpaired) electrons. The van der Waals surface area contributed by atoms with Crippen molar-refractivity contribution in [1.29, 1.82) is 0 Å². The monoisotopic (exact) mass is 454 g/mol. The second kappa shape index (κ2) is 9.72. The van der Waals surface area contributed by atoms with Crippen LogP contribution in [0, 0.1) is 17.5 Å². The van der Waals surface area contributed by atoms with E-state index < -0.39 is 17.5 Å². The van der Waals surface area contributed by atoms with Gasteiger partial charge in [0.25, 0.3) is 11.8 Å². The molecule has 0 atom stereocenters. The summed E-state index contributed by atoms with van der Waals surface area (Å²) in [6, 6.07) is 11.5. The minimum Gasteiger partial charge on any atom is -0.355 e. The number of hydrogen-bond donors (Lipinski definition) is 1. The molecule has 0 bridgehead atoms. The molecule has 1 aliphatic heterocycles. The highest BCUT2D eigenvalue weighted by Gasteiger charge is 2.21. The van der Waals surface area contributed by atoms with Crippen LogP contribution in [-0.2, 0) is 0 Å². The van der Waals surface area contributed by atoms with E-state index >= 15 is 0 Å². The Morgan fingerprint density at radius 1 is 0.788 bits per heavy atom. The molecule has 170 valence electrons. The third-order valence-corrected chi connectivity index (χ3v) is 5.33. The lowest BCUT2D eigenvalue weighted by molar-refractivity contribution is 0.0766. The molecule has 9 heteroatoms. The predicted molar refractivity (Wildman–Crippen MR) is 118 cm³/mol. The second-order valence-electron chi connectivity index (χ2n) is 7.66. The number of nitrogens with zero attached hydrogens (tertiary/aromatic N) is 3. The zero-order chi connectivity index (χ0) is 23.4. The van der Waals surface area contributed by atoms with Crippen LogP contribution in [0.15, 0.2) is 60.8 Å². The fourth-order valence-corrected chi connectivity index (χ4v) is 3.66. The predicted octanol–water partition coefficient (Wildman–Crippen LogP) is 4.10. The molecule has 1 fully saturated rings. The maximum Gasteiger partial charge on any atom is 0.255 e. The summed E-state index contributed by atoms with van der Waals surface area (Å²) in [6.45, 7) is 2.31.